The molecule has 0 aliphatic carbocycles. The lowest BCUT2D eigenvalue weighted by molar-refractivity contribution is -0.132. The Morgan fingerprint density at radius 2 is 1.62 bits per heavy atom. The average Bonchev–Trinajstić information content (AvgIpc) is 3.48. The fourth-order valence-corrected chi connectivity index (χ4v) is 5.08. The highest BCUT2D eigenvalue weighted by Crippen LogP contribution is 2.44. The number of piperidine rings is 1. The van der Waals surface area contributed by atoms with E-state index in [1.807, 2.05) is 24.3 Å². The molecule has 1 atom stereocenters. The first-order valence-electron chi connectivity index (χ1n) is 12.4. The van der Waals surface area contributed by atoms with Crippen molar-refractivity contribution in [2.45, 2.75) is 32.2 Å². The van der Waals surface area contributed by atoms with E-state index in [2.05, 4.69) is 4.90 Å². The number of amides is 1. The number of hydrogen-bond donors (Lipinski definition) is 1. The van der Waals surface area contributed by atoms with Crippen LogP contribution in [0.4, 0.5) is 11.4 Å². The molecule has 8 heteroatoms. The third-order valence-corrected chi connectivity index (χ3v) is 6.99. The summed E-state index contributed by atoms with van der Waals surface area (Å²) in [5.74, 6) is -0.0317. The van der Waals surface area contributed by atoms with Gasteiger partial charge in [0.15, 0.2) is 0 Å². The molecule has 1 unspecified atom stereocenters. The fourth-order valence-electron chi connectivity index (χ4n) is 5.08. The maximum Gasteiger partial charge on any atom is 0.300 e. The molecule has 3 aromatic rings. The van der Waals surface area contributed by atoms with Gasteiger partial charge in [-0.1, -0.05) is 0 Å². The van der Waals surface area contributed by atoms with Crippen LogP contribution in [0.25, 0.3) is 5.76 Å². The summed E-state index contributed by atoms with van der Waals surface area (Å²) in [6.45, 7) is 3.79. The second-order valence-electron chi connectivity index (χ2n) is 9.25. The molecular formula is C29H30N2O6. The van der Waals surface area contributed by atoms with Crippen molar-refractivity contribution in [3.8, 4) is 11.5 Å². The van der Waals surface area contributed by atoms with Crippen LogP contribution in [0, 0.1) is 6.92 Å². The summed E-state index contributed by atoms with van der Waals surface area (Å²) in [6.07, 6.45) is 3.55. The van der Waals surface area contributed by atoms with Crippen LogP contribution in [0.5, 0.6) is 11.5 Å². The number of carbonyl (C=O) groups excluding carboxylic acids is 2. The normalized spacial score (nSPS) is 19.4. The smallest absolute Gasteiger partial charge is 0.300 e. The summed E-state index contributed by atoms with van der Waals surface area (Å²) in [5.41, 5.74) is 1.83. The summed E-state index contributed by atoms with van der Waals surface area (Å²) >= 11 is 0. The van der Waals surface area contributed by atoms with Crippen molar-refractivity contribution in [2.75, 3.05) is 37.1 Å². The number of aliphatic hydroxyl groups excluding tert-OH is 1. The third kappa shape index (κ3) is 4.43. The lowest BCUT2D eigenvalue weighted by Crippen LogP contribution is -2.30. The van der Waals surface area contributed by atoms with Gasteiger partial charge in [0.25, 0.3) is 11.7 Å². The van der Waals surface area contributed by atoms with E-state index in [4.69, 9.17) is 13.9 Å². The van der Waals surface area contributed by atoms with Gasteiger partial charge in [-0.3, -0.25) is 14.5 Å². The molecule has 37 heavy (non-hydrogen) atoms. The van der Waals surface area contributed by atoms with Gasteiger partial charge in [-0.05, 0) is 74.7 Å². The van der Waals surface area contributed by atoms with Gasteiger partial charge < -0.3 is 23.9 Å². The zero-order chi connectivity index (χ0) is 26.1. The number of carbonyl (C=O) groups is 2. The van der Waals surface area contributed by atoms with Gasteiger partial charge in [0.1, 0.15) is 34.8 Å². The molecule has 0 radical (unpaired) electrons. The zero-order valence-corrected chi connectivity index (χ0v) is 21.2. The maximum absolute atomic E-state index is 13.4. The van der Waals surface area contributed by atoms with Crippen molar-refractivity contribution in [1.29, 1.82) is 0 Å². The summed E-state index contributed by atoms with van der Waals surface area (Å²) < 4.78 is 16.6. The minimum Gasteiger partial charge on any atom is -0.507 e. The van der Waals surface area contributed by atoms with Gasteiger partial charge >= 0.3 is 0 Å². The second kappa shape index (κ2) is 10.0. The molecule has 2 aliphatic rings. The van der Waals surface area contributed by atoms with Gasteiger partial charge in [0.05, 0.1) is 25.4 Å². The predicted octanol–water partition coefficient (Wildman–Crippen LogP) is 5.22. The Morgan fingerprint density at radius 1 is 0.919 bits per heavy atom. The molecule has 1 aromatic heterocycles. The molecule has 2 aliphatic heterocycles. The predicted molar refractivity (Wildman–Crippen MR) is 140 cm³/mol. The van der Waals surface area contributed by atoms with Crippen molar-refractivity contribution < 1.29 is 28.6 Å². The van der Waals surface area contributed by atoms with Crippen molar-refractivity contribution in [1.82, 2.24) is 0 Å². The van der Waals surface area contributed by atoms with Crippen LogP contribution in [0.3, 0.4) is 0 Å². The average molecular weight is 503 g/mol. The van der Waals surface area contributed by atoms with Gasteiger partial charge in [0.2, 0.25) is 0 Å². The highest BCUT2D eigenvalue weighted by molar-refractivity contribution is 6.51. The Morgan fingerprint density at radius 3 is 2.24 bits per heavy atom. The van der Waals surface area contributed by atoms with Crippen LogP contribution in [-0.2, 0) is 9.59 Å². The number of aryl methyl sites for hydroxylation is 1. The van der Waals surface area contributed by atoms with Crippen LogP contribution in [-0.4, -0.2) is 44.1 Å². The lowest BCUT2D eigenvalue weighted by Gasteiger charge is -2.29. The molecule has 2 fully saturated rings. The van der Waals surface area contributed by atoms with Gasteiger partial charge in [-0.25, -0.2) is 0 Å². The molecule has 5 rings (SSSR count). The van der Waals surface area contributed by atoms with E-state index in [9.17, 15) is 14.7 Å². The summed E-state index contributed by atoms with van der Waals surface area (Å²) in [4.78, 5) is 30.5. The van der Waals surface area contributed by atoms with E-state index in [0.29, 0.717) is 28.7 Å². The van der Waals surface area contributed by atoms with Crippen molar-refractivity contribution in [3.63, 3.8) is 0 Å². The van der Waals surface area contributed by atoms with Gasteiger partial charge in [-0.2, -0.15) is 0 Å². The van der Waals surface area contributed by atoms with E-state index in [1.54, 1.807) is 37.3 Å². The number of nitrogens with zero attached hydrogens (tertiary/aromatic N) is 2. The molecule has 0 spiro atoms. The minimum absolute atomic E-state index is 0.0667. The Kier molecular flexibility index (Phi) is 6.65. The number of anilines is 2. The molecule has 3 heterocycles. The number of Topliss-reactive ketones (excluding diaryl/α,β-unsaturated/α-hetero) is 1. The lowest BCUT2D eigenvalue weighted by atomic mass is 9.98. The summed E-state index contributed by atoms with van der Waals surface area (Å²) in [7, 11) is 2.98. The number of furan rings is 1. The number of benzene rings is 2. The standard InChI is InChI=1S/C29H30N2O6/c1-18-7-14-23(37-18)26-25(27(32)22-13-12-21(35-2)17-24(22)36-3)28(33)29(34)31(26)20-10-8-19(9-11-20)30-15-5-4-6-16-30/h7-14,17,26,32H,4-6,15-16H2,1-3H3/b27-25-. The number of ketones is 1. The van der Waals surface area contributed by atoms with E-state index < -0.39 is 17.7 Å². The number of methoxy groups -OCH3 is 2. The molecule has 8 nitrogen and oxygen atoms in total. The van der Waals surface area contributed by atoms with Crippen molar-refractivity contribution >= 4 is 28.8 Å². The second-order valence-corrected chi connectivity index (χ2v) is 9.25. The van der Waals surface area contributed by atoms with E-state index in [0.717, 1.165) is 31.6 Å². The van der Waals surface area contributed by atoms with E-state index in [1.165, 1.54) is 25.5 Å². The van der Waals surface area contributed by atoms with Gasteiger partial charge in [-0.15, -0.1) is 0 Å². The molecule has 1 N–H and O–H groups in total. The number of ether oxygens (including phenoxy) is 2. The molecule has 0 saturated carbocycles. The monoisotopic (exact) mass is 502 g/mol. The first-order valence-corrected chi connectivity index (χ1v) is 12.4. The molecular weight excluding hydrogens is 472 g/mol. The SMILES string of the molecule is COc1ccc(/C(O)=C2/C(=O)C(=O)N(c3ccc(N4CCCCC4)cc3)C2c2ccc(C)o2)c(OC)c1. The fraction of sp³-hybridized carbons (Fsp3) is 0.310. The molecule has 2 aromatic carbocycles. The zero-order valence-electron chi connectivity index (χ0n) is 21.2. The van der Waals surface area contributed by atoms with Crippen LogP contribution >= 0.6 is 0 Å². The number of rotatable bonds is 6. The van der Waals surface area contributed by atoms with Crippen LogP contribution in [0.15, 0.2) is 64.6 Å². The Bertz CT molecular complexity index is 1350. The highest BCUT2D eigenvalue weighted by Gasteiger charge is 2.48. The van der Waals surface area contributed by atoms with Crippen molar-refractivity contribution in [2.24, 2.45) is 0 Å². The summed E-state index contributed by atoms with van der Waals surface area (Å²) in [5, 5.41) is 11.4. The van der Waals surface area contributed by atoms with Gasteiger partial charge in [0, 0.05) is 30.5 Å². The van der Waals surface area contributed by atoms with E-state index in [-0.39, 0.29) is 16.9 Å². The molecule has 0 bridgehead atoms. The Labute approximate surface area is 215 Å². The minimum atomic E-state index is -0.943. The van der Waals surface area contributed by atoms with E-state index >= 15 is 0 Å². The first kappa shape index (κ1) is 24.5. The molecule has 2 saturated heterocycles. The van der Waals surface area contributed by atoms with Crippen LogP contribution < -0.4 is 19.3 Å². The number of aliphatic hydroxyl groups is 1. The van der Waals surface area contributed by atoms with Crippen molar-refractivity contribution in [3.05, 3.63) is 77.3 Å². The van der Waals surface area contributed by atoms with Crippen LogP contribution in [0.1, 0.15) is 42.4 Å². The Balaban J connectivity index is 1.61. The Hall–Kier alpha value is -4.20. The molecule has 192 valence electrons. The first-order chi connectivity index (χ1) is 17.9. The maximum atomic E-state index is 13.4. The highest BCUT2D eigenvalue weighted by atomic mass is 16.5. The molecule has 1 amide bonds. The van der Waals surface area contributed by atoms with Crippen LogP contribution in [0.2, 0.25) is 0 Å². The summed E-state index contributed by atoms with van der Waals surface area (Å²) in [6, 6.07) is 15.0. The largest absolute Gasteiger partial charge is 0.507 e. The third-order valence-electron chi connectivity index (χ3n) is 6.99. The topological polar surface area (TPSA) is 92.5 Å². The number of hydrogen-bond acceptors (Lipinski definition) is 7. The quantitative estimate of drug-likeness (QED) is 0.281.